The Morgan fingerprint density at radius 3 is 2.38 bits per heavy atom. The minimum atomic E-state index is 0.0830. The summed E-state index contributed by atoms with van der Waals surface area (Å²) in [6.45, 7) is 2.06. The first-order valence-electron chi connectivity index (χ1n) is 7.96. The third-order valence-corrected chi connectivity index (χ3v) is 3.89. The number of benzene rings is 3. The smallest absolute Gasteiger partial charge is 0.0998 e. The Kier molecular flexibility index (Phi) is 4.84. The van der Waals surface area contributed by atoms with E-state index in [9.17, 15) is 5.26 Å². The largest absolute Gasteiger partial charge is 0.285 e. The molecule has 0 heterocycles. The van der Waals surface area contributed by atoms with Gasteiger partial charge in [-0.05, 0) is 23.9 Å². The highest BCUT2D eigenvalue weighted by Gasteiger charge is 2.03. The summed E-state index contributed by atoms with van der Waals surface area (Å²) >= 11 is 0. The van der Waals surface area contributed by atoms with E-state index in [2.05, 4.69) is 42.3 Å². The minimum Gasteiger partial charge on any atom is -0.285 e. The van der Waals surface area contributed by atoms with Crippen LogP contribution in [0.15, 0.2) is 77.8 Å². The van der Waals surface area contributed by atoms with Crippen LogP contribution in [0, 0.1) is 11.3 Å². The Labute approximate surface area is 142 Å². The van der Waals surface area contributed by atoms with Crippen LogP contribution in [0.2, 0.25) is 0 Å². The molecule has 0 radical (unpaired) electrons. The lowest BCUT2D eigenvalue weighted by Gasteiger charge is -2.05. The molecule has 0 spiro atoms. The summed E-state index contributed by atoms with van der Waals surface area (Å²) in [7, 11) is 0. The summed E-state index contributed by atoms with van der Waals surface area (Å²) in [6.07, 6.45) is 6.06. The molecule has 0 amide bonds. The molecule has 3 aromatic carbocycles. The van der Waals surface area contributed by atoms with Crippen LogP contribution in [0.3, 0.4) is 0 Å². The van der Waals surface area contributed by atoms with Crippen molar-refractivity contribution < 1.29 is 0 Å². The summed E-state index contributed by atoms with van der Waals surface area (Å²) in [6, 6.07) is 24.3. The quantitative estimate of drug-likeness (QED) is 0.608. The fourth-order valence-electron chi connectivity index (χ4n) is 2.59. The first kappa shape index (κ1) is 15.7. The number of nitriles is 1. The molecule has 0 aliphatic carbocycles. The zero-order chi connectivity index (χ0) is 16.8. The van der Waals surface area contributed by atoms with Crippen LogP contribution >= 0.6 is 0 Å². The van der Waals surface area contributed by atoms with Crippen LogP contribution in [0.5, 0.6) is 0 Å². The van der Waals surface area contributed by atoms with Crippen molar-refractivity contribution in [2.45, 2.75) is 13.0 Å². The zero-order valence-corrected chi connectivity index (χ0v) is 13.6. The Bertz CT molecular complexity index is 931. The van der Waals surface area contributed by atoms with E-state index in [1.807, 2.05) is 60.8 Å². The molecule has 116 valence electrons. The highest BCUT2D eigenvalue weighted by molar-refractivity contribution is 6.02. The van der Waals surface area contributed by atoms with Gasteiger partial charge in [0.25, 0.3) is 0 Å². The Balaban J connectivity index is 1.83. The highest BCUT2D eigenvalue weighted by Crippen LogP contribution is 2.21. The van der Waals surface area contributed by atoms with Crippen LogP contribution in [-0.4, -0.2) is 12.3 Å². The van der Waals surface area contributed by atoms with Crippen LogP contribution in [0.1, 0.15) is 23.6 Å². The molecule has 2 heteroatoms. The summed E-state index contributed by atoms with van der Waals surface area (Å²) in [5, 5.41) is 11.3. The van der Waals surface area contributed by atoms with Gasteiger partial charge in [-0.25, -0.2) is 0 Å². The van der Waals surface area contributed by atoms with E-state index in [1.165, 1.54) is 5.56 Å². The average molecular weight is 310 g/mol. The first-order valence-corrected chi connectivity index (χ1v) is 7.96. The Morgan fingerprint density at radius 2 is 1.62 bits per heavy atom. The number of hydrogen-bond acceptors (Lipinski definition) is 2. The van der Waals surface area contributed by atoms with E-state index in [1.54, 1.807) is 0 Å². The predicted octanol–water partition coefficient (Wildman–Crippen LogP) is 5.23. The number of nitrogens with zero attached hydrogens (tertiary/aromatic N) is 2. The molecular formula is C22H18N2. The molecule has 1 atom stereocenters. The van der Waals surface area contributed by atoms with Gasteiger partial charge in [0.2, 0.25) is 0 Å². The maximum absolute atomic E-state index is 9.23. The van der Waals surface area contributed by atoms with E-state index in [4.69, 9.17) is 0 Å². The summed E-state index contributed by atoms with van der Waals surface area (Å²) in [5.41, 5.74) is 2.90. The van der Waals surface area contributed by atoms with Gasteiger partial charge in [0.15, 0.2) is 0 Å². The van der Waals surface area contributed by atoms with Gasteiger partial charge in [0.05, 0.1) is 17.7 Å². The molecule has 0 aromatic heterocycles. The van der Waals surface area contributed by atoms with Gasteiger partial charge < -0.3 is 0 Å². The molecule has 0 fully saturated rings. The lowest BCUT2D eigenvalue weighted by atomic mass is 10.0. The van der Waals surface area contributed by atoms with Crippen LogP contribution in [-0.2, 0) is 0 Å². The topological polar surface area (TPSA) is 36.1 Å². The molecular weight excluding hydrogens is 292 g/mol. The highest BCUT2D eigenvalue weighted by atomic mass is 14.7. The van der Waals surface area contributed by atoms with Gasteiger partial charge in [0.1, 0.15) is 0 Å². The molecule has 3 rings (SSSR count). The van der Waals surface area contributed by atoms with Crippen LogP contribution in [0.25, 0.3) is 16.8 Å². The van der Waals surface area contributed by atoms with Crippen molar-refractivity contribution in [1.82, 2.24) is 0 Å². The van der Waals surface area contributed by atoms with Gasteiger partial charge in [0, 0.05) is 17.2 Å². The number of hydrogen-bond donors (Lipinski definition) is 0. The molecule has 3 aromatic rings. The fourth-order valence-corrected chi connectivity index (χ4v) is 2.59. The standard InChI is InChI=1S/C22H18N2/c1-17(11-12-18-7-3-2-4-8-18)24-16-20-14-13-19(15-23)21-9-5-6-10-22(20)21/h2-14,16-17H,1H3/b12-11-,24-16?. The van der Waals surface area contributed by atoms with E-state index < -0.39 is 0 Å². The maximum atomic E-state index is 9.23. The second-order valence-corrected chi connectivity index (χ2v) is 5.65. The van der Waals surface area contributed by atoms with Gasteiger partial charge in [-0.1, -0.05) is 72.8 Å². The molecule has 24 heavy (non-hydrogen) atoms. The summed E-state index contributed by atoms with van der Waals surface area (Å²) in [4.78, 5) is 4.62. The monoisotopic (exact) mass is 310 g/mol. The van der Waals surface area contributed by atoms with E-state index >= 15 is 0 Å². The van der Waals surface area contributed by atoms with Crippen molar-refractivity contribution in [3.05, 3.63) is 89.5 Å². The average Bonchev–Trinajstić information content (AvgIpc) is 2.65. The predicted molar refractivity (Wildman–Crippen MR) is 101 cm³/mol. The minimum absolute atomic E-state index is 0.0830. The second-order valence-electron chi connectivity index (χ2n) is 5.65. The Morgan fingerprint density at radius 1 is 0.917 bits per heavy atom. The third-order valence-electron chi connectivity index (χ3n) is 3.89. The zero-order valence-electron chi connectivity index (χ0n) is 13.6. The second kappa shape index (κ2) is 7.39. The first-order chi connectivity index (χ1) is 11.8. The van der Waals surface area contributed by atoms with Crippen molar-refractivity contribution in [2.24, 2.45) is 4.99 Å². The van der Waals surface area contributed by atoms with Crippen molar-refractivity contribution in [3.63, 3.8) is 0 Å². The van der Waals surface area contributed by atoms with Crippen LogP contribution in [0.4, 0.5) is 0 Å². The third kappa shape index (κ3) is 3.59. The van der Waals surface area contributed by atoms with Crippen molar-refractivity contribution >= 4 is 23.1 Å². The maximum Gasteiger partial charge on any atom is 0.0998 e. The fraction of sp³-hybridized carbons (Fsp3) is 0.0909. The van der Waals surface area contributed by atoms with Gasteiger partial charge in [-0.2, -0.15) is 5.26 Å². The van der Waals surface area contributed by atoms with Gasteiger partial charge in [-0.15, -0.1) is 0 Å². The molecule has 0 saturated carbocycles. The van der Waals surface area contributed by atoms with Gasteiger partial charge in [-0.3, -0.25) is 4.99 Å². The molecule has 0 saturated heterocycles. The molecule has 0 N–H and O–H groups in total. The van der Waals surface area contributed by atoms with E-state index in [0.29, 0.717) is 5.56 Å². The Hall–Kier alpha value is -3.18. The summed E-state index contributed by atoms with van der Waals surface area (Å²) in [5.74, 6) is 0. The molecule has 0 aliphatic rings. The number of fused-ring (bicyclic) bond motifs is 1. The van der Waals surface area contributed by atoms with Crippen molar-refractivity contribution in [2.75, 3.05) is 0 Å². The molecule has 0 aliphatic heterocycles. The van der Waals surface area contributed by atoms with Crippen molar-refractivity contribution in [1.29, 1.82) is 5.26 Å². The van der Waals surface area contributed by atoms with Crippen molar-refractivity contribution in [3.8, 4) is 6.07 Å². The molecule has 1 unspecified atom stereocenters. The van der Waals surface area contributed by atoms with E-state index in [0.717, 1.165) is 16.3 Å². The normalized spacial score (nSPS) is 12.7. The molecule has 0 bridgehead atoms. The molecule has 2 nitrogen and oxygen atoms in total. The van der Waals surface area contributed by atoms with E-state index in [-0.39, 0.29) is 6.04 Å². The van der Waals surface area contributed by atoms with Gasteiger partial charge >= 0.3 is 0 Å². The SMILES string of the molecule is CC(/C=C\c1ccccc1)N=Cc1ccc(C#N)c2ccccc12. The number of aliphatic imine (C=N–C) groups is 1. The lowest BCUT2D eigenvalue weighted by Crippen LogP contribution is -1.94. The lowest BCUT2D eigenvalue weighted by molar-refractivity contribution is 0.937. The summed E-state index contributed by atoms with van der Waals surface area (Å²) < 4.78 is 0. The number of rotatable bonds is 4. The van der Waals surface area contributed by atoms with Crippen LogP contribution < -0.4 is 0 Å².